The number of hydrogen-bond acceptors (Lipinski definition) is 4. The highest BCUT2D eigenvalue weighted by Crippen LogP contribution is 2.35. The van der Waals surface area contributed by atoms with E-state index in [9.17, 15) is 5.26 Å². The molecule has 0 spiro atoms. The fraction of sp³-hybridized carbons (Fsp3) is 0.500. The molecular weight excluding hydrogens is 250 g/mol. The number of morpholine rings is 1. The normalized spacial score (nSPS) is 20.4. The Hall–Kier alpha value is -1.88. The van der Waals surface area contributed by atoms with Crippen LogP contribution in [0.2, 0.25) is 0 Å². The Bertz CT molecular complexity index is 511. The van der Waals surface area contributed by atoms with Gasteiger partial charge in [-0.2, -0.15) is 10.5 Å². The molecule has 2 atom stereocenters. The summed E-state index contributed by atoms with van der Waals surface area (Å²) in [6, 6.07) is 14.5. The molecule has 0 N–H and O–H groups in total. The molecule has 2 unspecified atom stereocenters. The zero-order valence-corrected chi connectivity index (χ0v) is 11.7. The molecule has 0 aromatic heterocycles. The summed E-state index contributed by atoms with van der Waals surface area (Å²) in [7, 11) is 0. The molecule has 1 aromatic rings. The lowest BCUT2D eigenvalue weighted by atomic mass is 9.81. The summed E-state index contributed by atoms with van der Waals surface area (Å²) in [5, 5.41) is 19.0. The van der Waals surface area contributed by atoms with Crippen molar-refractivity contribution in [3.63, 3.8) is 0 Å². The highest BCUT2D eigenvalue weighted by Gasteiger charge is 2.40. The lowest BCUT2D eigenvalue weighted by Gasteiger charge is -2.41. The first kappa shape index (κ1) is 14.5. The lowest BCUT2D eigenvalue weighted by molar-refractivity contribution is -0.0104. The molecule has 1 aliphatic rings. The van der Waals surface area contributed by atoms with E-state index in [-0.39, 0.29) is 5.92 Å². The summed E-state index contributed by atoms with van der Waals surface area (Å²) in [6.45, 7) is 4.59. The number of ether oxygens (including phenoxy) is 1. The third-order valence-electron chi connectivity index (χ3n) is 3.81. The minimum Gasteiger partial charge on any atom is -0.379 e. The molecule has 2 rings (SSSR count). The van der Waals surface area contributed by atoms with Gasteiger partial charge in [0.25, 0.3) is 0 Å². The standard InChI is InChI=1S/C16H19N3O/c1-14(12-17)11-16(13-18,15-5-3-2-4-6-15)19-7-9-20-10-8-19/h2-6,14H,7-11H2,1H3. The van der Waals surface area contributed by atoms with E-state index in [1.165, 1.54) is 0 Å². The van der Waals surface area contributed by atoms with E-state index in [4.69, 9.17) is 10.00 Å². The Morgan fingerprint density at radius 1 is 1.25 bits per heavy atom. The van der Waals surface area contributed by atoms with Crippen LogP contribution in [-0.2, 0) is 10.3 Å². The highest BCUT2D eigenvalue weighted by atomic mass is 16.5. The zero-order valence-electron chi connectivity index (χ0n) is 11.7. The predicted molar refractivity (Wildman–Crippen MR) is 75.5 cm³/mol. The van der Waals surface area contributed by atoms with Gasteiger partial charge in [-0.05, 0) is 18.9 Å². The maximum Gasteiger partial charge on any atom is 0.136 e. The molecule has 1 aliphatic heterocycles. The molecule has 1 fully saturated rings. The number of hydrogen-bond donors (Lipinski definition) is 0. The average molecular weight is 269 g/mol. The molecule has 4 heteroatoms. The molecule has 1 heterocycles. The SMILES string of the molecule is CC(C#N)CC(C#N)(c1ccccc1)N1CCOCC1. The second kappa shape index (κ2) is 6.52. The van der Waals surface area contributed by atoms with Gasteiger partial charge in [0, 0.05) is 19.0 Å². The lowest BCUT2D eigenvalue weighted by Crippen LogP contribution is -2.51. The van der Waals surface area contributed by atoms with Crippen LogP contribution in [0.1, 0.15) is 18.9 Å². The maximum atomic E-state index is 9.88. The van der Waals surface area contributed by atoms with E-state index in [2.05, 4.69) is 17.0 Å². The van der Waals surface area contributed by atoms with Crippen molar-refractivity contribution in [3.8, 4) is 12.1 Å². The first-order chi connectivity index (χ1) is 9.73. The van der Waals surface area contributed by atoms with E-state index in [0.29, 0.717) is 19.6 Å². The minimum atomic E-state index is -0.736. The van der Waals surface area contributed by atoms with Crippen molar-refractivity contribution in [2.45, 2.75) is 18.9 Å². The molecule has 0 amide bonds. The fourth-order valence-corrected chi connectivity index (χ4v) is 2.76. The molecule has 0 bridgehead atoms. The number of nitrogens with zero attached hydrogens (tertiary/aromatic N) is 3. The summed E-state index contributed by atoms with van der Waals surface area (Å²) in [4.78, 5) is 2.15. The van der Waals surface area contributed by atoms with E-state index in [1.54, 1.807) is 0 Å². The summed E-state index contributed by atoms with van der Waals surface area (Å²) < 4.78 is 5.39. The summed E-state index contributed by atoms with van der Waals surface area (Å²) in [5.41, 5.74) is 0.228. The maximum absolute atomic E-state index is 9.88. The summed E-state index contributed by atoms with van der Waals surface area (Å²) in [5.74, 6) is -0.169. The van der Waals surface area contributed by atoms with Crippen molar-refractivity contribution in [1.82, 2.24) is 4.90 Å². The van der Waals surface area contributed by atoms with Gasteiger partial charge in [0.1, 0.15) is 5.54 Å². The Kier molecular flexibility index (Phi) is 4.74. The number of nitriles is 2. The van der Waals surface area contributed by atoms with Gasteiger partial charge in [-0.25, -0.2) is 0 Å². The third kappa shape index (κ3) is 2.82. The monoisotopic (exact) mass is 269 g/mol. The van der Waals surface area contributed by atoms with E-state index in [0.717, 1.165) is 18.7 Å². The summed E-state index contributed by atoms with van der Waals surface area (Å²) in [6.07, 6.45) is 0.518. The third-order valence-corrected chi connectivity index (χ3v) is 3.81. The summed E-state index contributed by atoms with van der Waals surface area (Å²) >= 11 is 0. The molecule has 1 aromatic carbocycles. The second-order valence-electron chi connectivity index (χ2n) is 5.17. The zero-order chi connectivity index (χ0) is 14.4. The van der Waals surface area contributed by atoms with Gasteiger partial charge in [-0.15, -0.1) is 0 Å². The molecule has 0 radical (unpaired) electrons. The van der Waals surface area contributed by atoms with Gasteiger partial charge in [0.15, 0.2) is 0 Å². The van der Waals surface area contributed by atoms with Crippen LogP contribution in [0.5, 0.6) is 0 Å². The largest absolute Gasteiger partial charge is 0.379 e. The van der Waals surface area contributed by atoms with E-state index in [1.807, 2.05) is 37.3 Å². The van der Waals surface area contributed by atoms with Crippen LogP contribution in [0.3, 0.4) is 0 Å². The molecule has 20 heavy (non-hydrogen) atoms. The van der Waals surface area contributed by atoms with Gasteiger partial charge < -0.3 is 4.74 Å². The topological polar surface area (TPSA) is 60.0 Å². The van der Waals surface area contributed by atoms with Gasteiger partial charge in [-0.3, -0.25) is 4.90 Å². The first-order valence-electron chi connectivity index (χ1n) is 6.92. The van der Waals surface area contributed by atoms with Crippen LogP contribution in [0.15, 0.2) is 30.3 Å². The number of benzene rings is 1. The van der Waals surface area contributed by atoms with Crippen LogP contribution < -0.4 is 0 Å². The van der Waals surface area contributed by atoms with Crippen molar-refractivity contribution >= 4 is 0 Å². The van der Waals surface area contributed by atoms with Gasteiger partial charge in [0.2, 0.25) is 0 Å². The van der Waals surface area contributed by atoms with Crippen LogP contribution in [0.25, 0.3) is 0 Å². The Morgan fingerprint density at radius 3 is 2.45 bits per heavy atom. The van der Waals surface area contributed by atoms with Crippen molar-refractivity contribution < 1.29 is 4.74 Å². The van der Waals surface area contributed by atoms with Crippen LogP contribution >= 0.6 is 0 Å². The Balaban J connectivity index is 2.40. The van der Waals surface area contributed by atoms with Crippen molar-refractivity contribution in [3.05, 3.63) is 35.9 Å². The first-order valence-corrected chi connectivity index (χ1v) is 6.92. The second-order valence-corrected chi connectivity index (χ2v) is 5.17. The van der Waals surface area contributed by atoms with E-state index >= 15 is 0 Å². The van der Waals surface area contributed by atoms with Crippen molar-refractivity contribution in [2.24, 2.45) is 5.92 Å². The Morgan fingerprint density at radius 2 is 1.90 bits per heavy atom. The van der Waals surface area contributed by atoms with Crippen LogP contribution in [-0.4, -0.2) is 31.2 Å². The molecule has 4 nitrogen and oxygen atoms in total. The fourth-order valence-electron chi connectivity index (χ4n) is 2.76. The van der Waals surface area contributed by atoms with Gasteiger partial charge in [-0.1, -0.05) is 30.3 Å². The molecule has 104 valence electrons. The van der Waals surface area contributed by atoms with Gasteiger partial charge in [0.05, 0.1) is 25.4 Å². The highest BCUT2D eigenvalue weighted by molar-refractivity contribution is 5.32. The quantitative estimate of drug-likeness (QED) is 0.841. The molecular formula is C16H19N3O. The van der Waals surface area contributed by atoms with Gasteiger partial charge >= 0.3 is 0 Å². The molecule has 0 aliphatic carbocycles. The van der Waals surface area contributed by atoms with Crippen LogP contribution in [0, 0.1) is 28.6 Å². The van der Waals surface area contributed by atoms with Crippen molar-refractivity contribution in [1.29, 1.82) is 10.5 Å². The molecule has 1 saturated heterocycles. The smallest absolute Gasteiger partial charge is 0.136 e. The van der Waals surface area contributed by atoms with E-state index < -0.39 is 5.54 Å². The number of rotatable bonds is 4. The Labute approximate surface area is 120 Å². The predicted octanol–water partition coefficient (Wildman–Crippen LogP) is 2.29. The van der Waals surface area contributed by atoms with Crippen LogP contribution in [0.4, 0.5) is 0 Å². The van der Waals surface area contributed by atoms with Crippen molar-refractivity contribution in [2.75, 3.05) is 26.3 Å². The average Bonchev–Trinajstić information content (AvgIpc) is 2.54. The minimum absolute atomic E-state index is 0.169. The molecule has 0 saturated carbocycles.